The van der Waals surface area contributed by atoms with Crippen molar-refractivity contribution in [2.24, 2.45) is 0 Å². The van der Waals surface area contributed by atoms with Crippen molar-refractivity contribution in [1.29, 1.82) is 0 Å². The molecule has 1 fully saturated rings. The van der Waals surface area contributed by atoms with Crippen LogP contribution in [0.3, 0.4) is 0 Å². The fourth-order valence-electron chi connectivity index (χ4n) is 1.70. The van der Waals surface area contributed by atoms with Crippen LogP contribution in [0.2, 0.25) is 0 Å². The van der Waals surface area contributed by atoms with Gasteiger partial charge < -0.3 is 0 Å². The van der Waals surface area contributed by atoms with E-state index in [4.69, 9.17) is 0 Å². The number of hydrogen-bond donors (Lipinski definition) is 0. The summed E-state index contributed by atoms with van der Waals surface area (Å²) in [5, 5.41) is 0. The summed E-state index contributed by atoms with van der Waals surface area (Å²) in [4.78, 5) is 2.50. The topological polar surface area (TPSA) is 3.24 Å². The third-order valence-corrected chi connectivity index (χ3v) is 2.33. The van der Waals surface area contributed by atoms with E-state index in [1.165, 1.54) is 37.9 Å². The first kappa shape index (κ1) is 9.53. The van der Waals surface area contributed by atoms with E-state index in [9.17, 15) is 0 Å². The lowest BCUT2D eigenvalue weighted by atomic mass is 10.1. The zero-order chi connectivity index (χ0) is 8.81. The summed E-state index contributed by atoms with van der Waals surface area (Å²) < 4.78 is 0. The monoisotopic (exact) mass is 165 g/mol. The third kappa shape index (κ3) is 3.22. The average Bonchev–Trinajstić information content (AvgIpc) is 2.06. The van der Waals surface area contributed by atoms with Crippen LogP contribution in [0.15, 0.2) is 24.8 Å². The second kappa shape index (κ2) is 5.15. The highest BCUT2D eigenvalue weighted by Gasteiger charge is 2.09. The minimum Gasteiger partial charge on any atom is -0.299 e. The number of piperidine rings is 1. The second-order valence-electron chi connectivity index (χ2n) is 3.58. The van der Waals surface area contributed by atoms with Crippen molar-refractivity contribution < 1.29 is 0 Å². The molecule has 0 saturated carbocycles. The molecule has 1 rings (SSSR count). The van der Waals surface area contributed by atoms with Gasteiger partial charge >= 0.3 is 0 Å². The maximum absolute atomic E-state index is 4.03. The molecule has 1 heteroatoms. The summed E-state index contributed by atoms with van der Waals surface area (Å²) in [6.45, 7) is 11.3. The largest absolute Gasteiger partial charge is 0.299 e. The molecule has 0 atom stereocenters. The van der Waals surface area contributed by atoms with Crippen molar-refractivity contribution in [1.82, 2.24) is 4.90 Å². The summed E-state index contributed by atoms with van der Waals surface area (Å²) in [6, 6.07) is 0. The van der Waals surface area contributed by atoms with Crippen LogP contribution in [-0.4, -0.2) is 24.5 Å². The van der Waals surface area contributed by atoms with Crippen LogP contribution in [0, 0.1) is 0 Å². The minimum atomic E-state index is 0.969. The zero-order valence-corrected chi connectivity index (χ0v) is 7.89. The number of nitrogens with zero attached hydrogens (tertiary/aromatic N) is 1. The highest BCUT2D eigenvalue weighted by atomic mass is 15.1. The Morgan fingerprint density at radius 1 is 1.25 bits per heavy atom. The molecule has 0 aromatic carbocycles. The first-order valence-electron chi connectivity index (χ1n) is 4.83. The van der Waals surface area contributed by atoms with Crippen LogP contribution in [0.25, 0.3) is 0 Å². The standard InChI is InChI=1S/C11H19N/c1-3-7-11(2)10-12-8-5-4-6-9-12/h3H,1-2,4-10H2. The van der Waals surface area contributed by atoms with Gasteiger partial charge in [-0.2, -0.15) is 0 Å². The number of allylic oxidation sites excluding steroid dienone is 1. The van der Waals surface area contributed by atoms with Gasteiger partial charge in [0.2, 0.25) is 0 Å². The Morgan fingerprint density at radius 2 is 1.92 bits per heavy atom. The number of hydrogen-bond acceptors (Lipinski definition) is 1. The van der Waals surface area contributed by atoms with E-state index in [-0.39, 0.29) is 0 Å². The summed E-state index contributed by atoms with van der Waals surface area (Å²) in [6.07, 6.45) is 7.04. The molecule has 0 aromatic heterocycles. The Morgan fingerprint density at radius 3 is 2.50 bits per heavy atom. The van der Waals surface area contributed by atoms with Gasteiger partial charge in [-0.3, -0.25) is 4.90 Å². The highest BCUT2D eigenvalue weighted by Crippen LogP contribution is 2.11. The molecule has 0 aliphatic carbocycles. The second-order valence-corrected chi connectivity index (χ2v) is 3.58. The van der Waals surface area contributed by atoms with E-state index in [1.807, 2.05) is 6.08 Å². The summed E-state index contributed by atoms with van der Waals surface area (Å²) in [7, 11) is 0. The van der Waals surface area contributed by atoms with E-state index in [2.05, 4.69) is 18.1 Å². The molecule has 12 heavy (non-hydrogen) atoms. The normalized spacial score (nSPS) is 19.0. The van der Waals surface area contributed by atoms with Gasteiger partial charge in [0.25, 0.3) is 0 Å². The molecule has 1 heterocycles. The lowest BCUT2D eigenvalue weighted by Gasteiger charge is -2.26. The predicted octanol–water partition coefficient (Wildman–Crippen LogP) is 2.60. The van der Waals surface area contributed by atoms with E-state index in [1.54, 1.807) is 0 Å². The van der Waals surface area contributed by atoms with Crippen molar-refractivity contribution in [3.8, 4) is 0 Å². The van der Waals surface area contributed by atoms with Gasteiger partial charge in [0, 0.05) is 6.54 Å². The van der Waals surface area contributed by atoms with Gasteiger partial charge in [-0.05, 0) is 32.4 Å². The molecule has 1 aliphatic rings. The summed E-state index contributed by atoms with van der Waals surface area (Å²) in [5.74, 6) is 0. The van der Waals surface area contributed by atoms with Crippen LogP contribution >= 0.6 is 0 Å². The SMILES string of the molecule is C=CCC(=C)CN1CCCCC1. The molecule has 0 amide bonds. The molecule has 0 N–H and O–H groups in total. The van der Waals surface area contributed by atoms with Crippen molar-refractivity contribution in [2.45, 2.75) is 25.7 Å². The van der Waals surface area contributed by atoms with E-state index >= 15 is 0 Å². The van der Waals surface area contributed by atoms with E-state index < -0.39 is 0 Å². The van der Waals surface area contributed by atoms with Gasteiger partial charge in [0.05, 0.1) is 0 Å². The molecular weight excluding hydrogens is 146 g/mol. The fourth-order valence-corrected chi connectivity index (χ4v) is 1.70. The molecule has 0 aromatic rings. The van der Waals surface area contributed by atoms with Crippen LogP contribution in [0.4, 0.5) is 0 Å². The molecule has 1 nitrogen and oxygen atoms in total. The Kier molecular flexibility index (Phi) is 4.09. The van der Waals surface area contributed by atoms with Crippen LogP contribution in [-0.2, 0) is 0 Å². The molecule has 68 valence electrons. The summed E-state index contributed by atoms with van der Waals surface area (Å²) in [5.41, 5.74) is 1.30. The number of likely N-dealkylation sites (tertiary alicyclic amines) is 1. The van der Waals surface area contributed by atoms with Gasteiger partial charge in [-0.1, -0.05) is 24.6 Å². The quantitative estimate of drug-likeness (QED) is 0.579. The molecule has 1 saturated heterocycles. The molecule has 0 radical (unpaired) electrons. The van der Waals surface area contributed by atoms with Gasteiger partial charge in [-0.15, -0.1) is 6.58 Å². The molecule has 0 unspecified atom stereocenters. The average molecular weight is 165 g/mol. The van der Waals surface area contributed by atoms with Crippen molar-refractivity contribution in [2.75, 3.05) is 19.6 Å². The minimum absolute atomic E-state index is 0.969. The molecule has 0 bridgehead atoms. The highest BCUT2D eigenvalue weighted by molar-refractivity contribution is 5.02. The maximum Gasteiger partial charge on any atom is 0.0193 e. The Balaban J connectivity index is 2.19. The summed E-state index contributed by atoms with van der Waals surface area (Å²) >= 11 is 0. The van der Waals surface area contributed by atoms with E-state index in [0.29, 0.717) is 0 Å². The fraction of sp³-hybridized carbons (Fsp3) is 0.636. The molecule has 0 spiro atoms. The van der Waals surface area contributed by atoms with E-state index in [0.717, 1.165) is 13.0 Å². The molecular formula is C11H19N. The van der Waals surface area contributed by atoms with Gasteiger partial charge in [-0.25, -0.2) is 0 Å². The van der Waals surface area contributed by atoms with Crippen LogP contribution < -0.4 is 0 Å². The van der Waals surface area contributed by atoms with Crippen molar-refractivity contribution in [3.63, 3.8) is 0 Å². The molecule has 1 aliphatic heterocycles. The Hall–Kier alpha value is -0.560. The smallest absolute Gasteiger partial charge is 0.0193 e. The lowest BCUT2D eigenvalue weighted by Crippen LogP contribution is -2.31. The van der Waals surface area contributed by atoms with Crippen LogP contribution in [0.1, 0.15) is 25.7 Å². The third-order valence-electron chi connectivity index (χ3n) is 2.33. The first-order chi connectivity index (χ1) is 5.83. The number of rotatable bonds is 4. The first-order valence-corrected chi connectivity index (χ1v) is 4.83. The lowest BCUT2D eigenvalue weighted by molar-refractivity contribution is 0.246. The zero-order valence-electron chi connectivity index (χ0n) is 7.89. The van der Waals surface area contributed by atoms with Gasteiger partial charge in [0.1, 0.15) is 0 Å². The van der Waals surface area contributed by atoms with Gasteiger partial charge in [0.15, 0.2) is 0 Å². The Bertz CT molecular complexity index is 154. The van der Waals surface area contributed by atoms with Crippen molar-refractivity contribution in [3.05, 3.63) is 24.8 Å². The predicted molar refractivity (Wildman–Crippen MR) is 54.2 cm³/mol. The van der Waals surface area contributed by atoms with Crippen LogP contribution in [0.5, 0.6) is 0 Å². The maximum atomic E-state index is 4.03. The van der Waals surface area contributed by atoms with Crippen molar-refractivity contribution >= 4 is 0 Å². The Labute approximate surface area is 75.8 Å².